The van der Waals surface area contributed by atoms with E-state index in [1.165, 1.54) is 0 Å². The van der Waals surface area contributed by atoms with Crippen molar-refractivity contribution in [3.63, 3.8) is 0 Å². The first-order chi connectivity index (χ1) is 12.0. The molecule has 0 atom stereocenters. The summed E-state index contributed by atoms with van der Waals surface area (Å²) in [5.41, 5.74) is 2.10. The van der Waals surface area contributed by atoms with E-state index in [4.69, 9.17) is 0 Å². The zero-order chi connectivity index (χ0) is 18.1. The topological polar surface area (TPSA) is 87.3 Å². The number of sulfonamides is 1. The number of hydrogen-bond acceptors (Lipinski definition) is 3. The minimum Gasteiger partial charge on any atom is -0.338 e. The molecule has 2 aromatic carbocycles. The minimum absolute atomic E-state index is 0.0601. The molecule has 6 nitrogen and oxygen atoms in total. The SMILES string of the molecule is CCCS(=O)(=O)Nc1cccc(NC(=O)NCCc2ccccc2)c1. The lowest BCUT2D eigenvalue weighted by atomic mass is 10.1. The molecule has 7 heteroatoms. The number of hydrogen-bond donors (Lipinski definition) is 3. The Balaban J connectivity index is 1.85. The fourth-order valence-electron chi connectivity index (χ4n) is 2.30. The molecule has 3 N–H and O–H groups in total. The molecule has 134 valence electrons. The number of carbonyl (C=O) groups is 1. The summed E-state index contributed by atoms with van der Waals surface area (Å²) in [4.78, 5) is 11.9. The lowest BCUT2D eigenvalue weighted by molar-refractivity contribution is 0.252. The zero-order valence-corrected chi connectivity index (χ0v) is 15.0. The number of rotatable bonds is 8. The van der Waals surface area contributed by atoms with E-state index in [0.29, 0.717) is 24.3 Å². The highest BCUT2D eigenvalue weighted by atomic mass is 32.2. The van der Waals surface area contributed by atoms with Gasteiger partial charge in [-0.05, 0) is 36.6 Å². The third kappa shape index (κ3) is 6.84. The van der Waals surface area contributed by atoms with E-state index in [9.17, 15) is 13.2 Å². The van der Waals surface area contributed by atoms with Crippen LogP contribution >= 0.6 is 0 Å². The van der Waals surface area contributed by atoms with E-state index in [2.05, 4.69) is 15.4 Å². The van der Waals surface area contributed by atoms with E-state index in [1.807, 2.05) is 30.3 Å². The van der Waals surface area contributed by atoms with Gasteiger partial charge in [0.15, 0.2) is 0 Å². The molecule has 0 spiro atoms. The van der Waals surface area contributed by atoms with Crippen molar-refractivity contribution >= 4 is 27.4 Å². The first-order valence-corrected chi connectivity index (χ1v) is 9.83. The van der Waals surface area contributed by atoms with Gasteiger partial charge >= 0.3 is 6.03 Å². The fourth-order valence-corrected chi connectivity index (χ4v) is 3.43. The van der Waals surface area contributed by atoms with E-state index in [0.717, 1.165) is 12.0 Å². The molecule has 2 amide bonds. The Morgan fingerprint density at radius 3 is 2.44 bits per heavy atom. The van der Waals surface area contributed by atoms with Gasteiger partial charge < -0.3 is 10.6 Å². The number of urea groups is 1. The molecule has 2 aromatic rings. The smallest absolute Gasteiger partial charge is 0.319 e. The van der Waals surface area contributed by atoms with Gasteiger partial charge in [-0.1, -0.05) is 43.3 Å². The third-order valence-electron chi connectivity index (χ3n) is 3.41. The quantitative estimate of drug-likeness (QED) is 0.675. The average molecular weight is 361 g/mol. The van der Waals surface area contributed by atoms with Gasteiger partial charge in [0.1, 0.15) is 0 Å². The molecule has 0 aliphatic heterocycles. The summed E-state index contributed by atoms with van der Waals surface area (Å²) in [7, 11) is -3.35. The maximum Gasteiger partial charge on any atom is 0.319 e. The summed E-state index contributed by atoms with van der Waals surface area (Å²) in [6.45, 7) is 2.32. The molecule has 0 heterocycles. The van der Waals surface area contributed by atoms with Crippen LogP contribution in [0.15, 0.2) is 54.6 Å². The summed E-state index contributed by atoms with van der Waals surface area (Å²) in [6.07, 6.45) is 1.28. The number of anilines is 2. The van der Waals surface area contributed by atoms with Crippen LogP contribution in [-0.2, 0) is 16.4 Å². The molecule has 0 aromatic heterocycles. The van der Waals surface area contributed by atoms with Crippen LogP contribution in [-0.4, -0.2) is 26.7 Å². The summed E-state index contributed by atoms with van der Waals surface area (Å²) in [5, 5.41) is 5.48. The Kier molecular flexibility index (Phi) is 6.82. The van der Waals surface area contributed by atoms with Crippen molar-refractivity contribution in [2.24, 2.45) is 0 Å². The van der Waals surface area contributed by atoms with Gasteiger partial charge in [0.05, 0.1) is 11.4 Å². The third-order valence-corrected chi connectivity index (χ3v) is 4.90. The molecule has 0 saturated heterocycles. The number of carbonyl (C=O) groups excluding carboxylic acids is 1. The van der Waals surface area contributed by atoms with Gasteiger partial charge in [0.2, 0.25) is 10.0 Å². The van der Waals surface area contributed by atoms with Crippen molar-refractivity contribution in [2.45, 2.75) is 19.8 Å². The molecule has 0 radical (unpaired) electrons. The molecule has 0 unspecified atom stereocenters. The average Bonchev–Trinajstić information content (AvgIpc) is 2.55. The van der Waals surface area contributed by atoms with Gasteiger partial charge in [0, 0.05) is 12.2 Å². The second-order valence-corrected chi connectivity index (χ2v) is 7.46. The molecular weight excluding hydrogens is 338 g/mol. The Hall–Kier alpha value is -2.54. The Labute approximate surface area is 148 Å². The van der Waals surface area contributed by atoms with Gasteiger partial charge in [0.25, 0.3) is 0 Å². The first-order valence-electron chi connectivity index (χ1n) is 8.18. The number of benzene rings is 2. The highest BCUT2D eigenvalue weighted by Crippen LogP contribution is 2.16. The molecule has 2 rings (SSSR count). The first kappa shape index (κ1) is 18.8. The van der Waals surface area contributed by atoms with Crippen molar-refractivity contribution < 1.29 is 13.2 Å². The zero-order valence-electron chi connectivity index (χ0n) is 14.2. The molecule has 25 heavy (non-hydrogen) atoms. The fraction of sp³-hybridized carbons (Fsp3) is 0.278. The van der Waals surface area contributed by atoms with Crippen LogP contribution in [0.3, 0.4) is 0 Å². The predicted octanol–water partition coefficient (Wildman–Crippen LogP) is 3.20. The van der Waals surface area contributed by atoms with Crippen LogP contribution in [0.4, 0.5) is 16.2 Å². The highest BCUT2D eigenvalue weighted by Gasteiger charge is 2.09. The molecule has 0 fully saturated rings. The Morgan fingerprint density at radius 2 is 1.72 bits per heavy atom. The number of amides is 2. The second-order valence-electron chi connectivity index (χ2n) is 5.62. The predicted molar refractivity (Wildman–Crippen MR) is 101 cm³/mol. The Morgan fingerprint density at radius 1 is 1.00 bits per heavy atom. The highest BCUT2D eigenvalue weighted by molar-refractivity contribution is 7.92. The van der Waals surface area contributed by atoms with Gasteiger partial charge in [-0.15, -0.1) is 0 Å². The Bertz CT molecular complexity index is 792. The molecule has 0 bridgehead atoms. The summed E-state index contributed by atoms with van der Waals surface area (Å²) < 4.78 is 26.1. The van der Waals surface area contributed by atoms with Crippen LogP contribution < -0.4 is 15.4 Å². The largest absolute Gasteiger partial charge is 0.338 e. The normalized spacial score (nSPS) is 10.9. The maximum absolute atomic E-state index is 11.9. The van der Waals surface area contributed by atoms with Crippen LogP contribution in [0.25, 0.3) is 0 Å². The monoisotopic (exact) mass is 361 g/mol. The van der Waals surface area contributed by atoms with Crippen LogP contribution in [0.5, 0.6) is 0 Å². The van der Waals surface area contributed by atoms with Gasteiger partial charge in [-0.25, -0.2) is 13.2 Å². The van der Waals surface area contributed by atoms with E-state index < -0.39 is 10.0 Å². The van der Waals surface area contributed by atoms with Crippen molar-refractivity contribution in [3.05, 3.63) is 60.2 Å². The molecule has 0 aliphatic carbocycles. The van der Waals surface area contributed by atoms with Crippen LogP contribution in [0.2, 0.25) is 0 Å². The van der Waals surface area contributed by atoms with Crippen LogP contribution in [0, 0.1) is 0 Å². The second kappa shape index (κ2) is 9.08. The van der Waals surface area contributed by atoms with Crippen molar-refractivity contribution in [3.8, 4) is 0 Å². The van der Waals surface area contributed by atoms with Crippen molar-refractivity contribution in [1.29, 1.82) is 0 Å². The lowest BCUT2D eigenvalue weighted by Crippen LogP contribution is -2.30. The summed E-state index contributed by atoms with van der Waals surface area (Å²) in [6, 6.07) is 16.2. The maximum atomic E-state index is 11.9. The minimum atomic E-state index is -3.35. The van der Waals surface area contributed by atoms with Crippen molar-refractivity contribution in [2.75, 3.05) is 22.3 Å². The lowest BCUT2D eigenvalue weighted by Gasteiger charge is -2.10. The standard InChI is InChI=1S/C18H23N3O3S/c1-2-13-25(23,24)21-17-10-6-9-16(14-17)20-18(22)19-12-11-15-7-4-3-5-8-15/h3-10,14,21H,2,11-13H2,1H3,(H2,19,20,22). The van der Waals surface area contributed by atoms with Crippen LogP contribution in [0.1, 0.15) is 18.9 Å². The molecular formula is C18H23N3O3S. The van der Waals surface area contributed by atoms with Gasteiger partial charge in [-0.3, -0.25) is 4.72 Å². The van der Waals surface area contributed by atoms with Crippen molar-refractivity contribution in [1.82, 2.24) is 5.32 Å². The van der Waals surface area contributed by atoms with E-state index in [-0.39, 0.29) is 11.8 Å². The summed E-state index contributed by atoms with van der Waals surface area (Å²) in [5.74, 6) is 0.0601. The van der Waals surface area contributed by atoms with E-state index in [1.54, 1.807) is 31.2 Å². The van der Waals surface area contributed by atoms with E-state index >= 15 is 0 Å². The molecule has 0 saturated carbocycles. The molecule has 0 aliphatic rings. The van der Waals surface area contributed by atoms with Gasteiger partial charge in [-0.2, -0.15) is 0 Å². The number of nitrogens with one attached hydrogen (secondary N) is 3. The summed E-state index contributed by atoms with van der Waals surface area (Å²) >= 11 is 0.